The molecule has 0 unspecified atom stereocenters. The highest BCUT2D eigenvalue weighted by atomic mass is 15.3. The maximum absolute atomic E-state index is 4.69. The fourth-order valence-corrected chi connectivity index (χ4v) is 2.80. The number of nitrogens with zero attached hydrogens (tertiary/aromatic N) is 4. The quantitative estimate of drug-likeness (QED) is 0.562. The molecule has 0 fully saturated rings. The van der Waals surface area contributed by atoms with Gasteiger partial charge in [-0.25, -0.2) is 9.50 Å². The van der Waals surface area contributed by atoms with Gasteiger partial charge in [-0.3, -0.25) is 4.98 Å². The van der Waals surface area contributed by atoms with Crippen molar-refractivity contribution in [1.82, 2.24) is 19.6 Å². The van der Waals surface area contributed by atoms with Gasteiger partial charge < -0.3 is 5.32 Å². The monoisotopic (exact) mass is 317 g/mol. The van der Waals surface area contributed by atoms with Crippen LogP contribution in [0.5, 0.6) is 0 Å². The van der Waals surface area contributed by atoms with Crippen LogP contribution in [0, 0.1) is 0 Å². The first-order valence-electron chi connectivity index (χ1n) is 8.28. The Morgan fingerprint density at radius 1 is 1.04 bits per heavy atom. The molecule has 0 saturated carbocycles. The molecule has 0 aliphatic carbocycles. The second kappa shape index (κ2) is 6.28. The standard InChI is InChI=1S/C19H19N5/c1-2-3-9-21-18-6-7-19-22-13-17(24(19)23-18)15-4-5-16-12-20-10-8-14(16)11-15/h4-8,10-13H,2-3,9H2,1H3,(H,21,23). The molecule has 0 amide bonds. The number of anilines is 1. The lowest BCUT2D eigenvalue weighted by Crippen LogP contribution is -2.05. The van der Waals surface area contributed by atoms with E-state index in [1.54, 1.807) is 0 Å². The zero-order chi connectivity index (χ0) is 16.4. The van der Waals surface area contributed by atoms with Crippen LogP contribution in [0.3, 0.4) is 0 Å². The van der Waals surface area contributed by atoms with E-state index in [-0.39, 0.29) is 0 Å². The van der Waals surface area contributed by atoms with Crippen molar-refractivity contribution in [3.05, 3.63) is 55.0 Å². The first-order chi connectivity index (χ1) is 11.8. The van der Waals surface area contributed by atoms with E-state index < -0.39 is 0 Å². The van der Waals surface area contributed by atoms with E-state index in [4.69, 9.17) is 5.10 Å². The van der Waals surface area contributed by atoms with Crippen molar-refractivity contribution in [3.8, 4) is 11.3 Å². The summed E-state index contributed by atoms with van der Waals surface area (Å²) in [5, 5.41) is 10.4. The van der Waals surface area contributed by atoms with Gasteiger partial charge in [-0.1, -0.05) is 25.5 Å². The van der Waals surface area contributed by atoms with Crippen LogP contribution in [0.15, 0.2) is 55.0 Å². The molecule has 0 bridgehead atoms. The Kier molecular flexibility index (Phi) is 3.83. The van der Waals surface area contributed by atoms with Crippen LogP contribution in [0.4, 0.5) is 5.82 Å². The Labute approximate surface area is 140 Å². The number of unbranched alkanes of at least 4 members (excludes halogenated alkanes) is 1. The van der Waals surface area contributed by atoms with Gasteiger partial charge >= 0.3 is 0 Å². The third kappa shape index (κ3) is 2.69. The van der Waals surface area contributed by atoms with E-state index in [9.17, 15) is 0 Å². The van der Waals surface area contributed by atoms with Crippen LogP contribution in [0.1, 0.15) is 19.8 Å². The molecule has 24 heavy (non-hydrogen) atoms. The molecule has 0 spiro atoms. The van der Waals surface area contributed by atoms with Crippen molar-refractivity contribution in [2.24, 2.45) is 0 Å². The smallest absolute Gasteiger partial charge is 0.154 e. The molecule has 1 aromatic carbocycles. The number of rotatable bonds is 5. The zero-order valence-corrected chi connectivity index (χ0v) is 13.6. The Hall–Kier alpha value is -2.95. The third-order valence-electron chi connectivity index (χ3n) is 4.14. The van der Waals surface area contributed by atoms with Gasteiger partial charge in [0.15, 0.2) is 5.65 Å². The van der Waals surface area contributed by atoms with Gasteiger partial charge in [0.05, 0.1) is 11.9 Å². The minimum Gasteiger partial charge on any atom is -0.369 e. The van der Waals surface area contributed by atoms with E-state index in [1.165, 1.54) is 0 Å². The van der Waals surface area contributed by atoms with Crippen LogP contribution >= 0.6 is 0 Å². The van der Waals surface area contributed by atoms with Crippen molar-refractivity contribution in [1.29, 1.82) is 0 Å². The fraction of sp³-hybridized carbons (Fsp3) is 0.211. The minimum absolute atomic E-state index is 0.848. The average Bonchev–Trinajstić information content (AvgIpc) is 3.05. The molecule has 0 atom stereocenters. The molecule has 0 aliphatic rings. The second-order valence-electron chi connectivity index (χ2n) is 5.85. The van der Waals surface area contributed by atoms with Gasteiger partial charge in [-0.2, -0.15) is 0 Å². The number of imidazole rings is 1. The van der Waals surface area contributed by atoms with E-state index in [0.29, 0.717) is 0 Å². The Balaban J connectivity index is 1.75. The fourth-order valence-electron chi connectivity index (χ4n) is 2.80. The molecular formula is C19H19N5. The van der Waals surface area contributed by atoms with Crippen molar-refractivity contribution in [3.63, 3.8) is 0 Å². The Morgan fingerprint density at radius 2 is 2.00 bits per heavy atom. The molecule has 120 valence electrons. The predicted molar refractivity (Wildman–Crippen MR) is 97.1 cm³/mol. The van der Waals surface area contributed by atoms with Crippen LogP contribution in [-0.2, 0) is 0 Å². The van der Waals surface area contributed by atoms with Gasteiger partial charge in [0, 0.05) is 29.9 Å². The number of pyridine rings is 1. The SMILES string of the molecule is CCCCNc1ccc2ncc(-c3ccc4cnccc4c3)n2n1. The van der Waals surface area contributed by atoms with Crippen molar-refractivity contribution >= 4 is 22.2 Å². The number of benzene rings is 1. The highest BCUT2D eigenvalue weighted by Crippen LogP contribution is 2.24. The molecule has 3 aromatic heterocycles. The van der Waals surface area contributed by atoms with Crippen LogP contribution < -0.4 is 5.32 Å². The topological polar surface area (TPSA) is 55.1 Å². The van der Waals surface area contributed by atoms with Crippen LogP contribution in [0.2, 0.25) is 0 Å². The van der Waals surface area contributed by atoms with E-state index in [0.717, 1.165) is 52.9 Å². The number of hydrogen-bond acceptors (Lipinski definition) is 4. The summed E-state index contributed by atoms with van der Waals surface area (Å²) in [6, 6.07) is 12.3. The normalized spacial score (nSPS) is 11.2. The van der Waals surface area contributed by atoms with Crippen molar-refractivity contribution in [2.45, 2.75) is 19.8 Å². The van der Waals surface area contributed by atoms with Gasteiger partial charge in [-0.15, -0.1) is 5.10 Å². The zero-order valence-electron chi connectivity index (χ0n) is 13.6. The third-order valence-corrected chi connectivity index (χ3v) is 4.14. The molecule has 0 aliphatic heterocycles. The summed E-state index contributed by atoms with van der Waals surface area (Å²) in [6.07, 6.45) is 7.86. The number of fused-ring (bicyclic) bond motifs is 2. The van der Waals surface area contributed by atoms with Gasteiger partial charge in [0.2, 0.25) is 0 Å². The predicted octanol–water partition coefficient (Wildman–Crippen LogP) is 4.16. The van der Waals surface area contributed by atoms with Crippen LogP contribution in [0.25, 0.3) is 27.7 Å². The van der Waals surface area contributed by atoms with Gasteiger partial charge in [0.1, 0.15) is 5.82 Å². The van der Waals surface area contributed by atoms with Gasteiger partial charge in [-0.05, 0) is 36.1 Å². The summed E-state index contributed by atoms with van der Waals surface area (Å²) in [6.45, 7) is 3.11. The number of nitrogens with one attached hydrogen (secondary N) is 1. The van der Waals surface area contributed by atoms with Crippen molar-refractivity contribution in [2.75, 3.05) is 11.9 Å². The first-order valence-corrected chi connectivity index (χ1v) is 8.28. The molecule has 4 rings (SSSR count). The maximum Gasteiger partial charge on any atom is 0.154 e. The Bertz CT molecular complexity index is 989. The maximum atomic E-state index is 4.69. The van der Waals surface area contributed by atoms with E-state index in [1.807, 2.05) is 41.3 Å². The number of aromatic nitrogens is 4. The molecular weight excluding hydrogens is 298 g/mol. The second-order valence-corrected chi connectivity index (χ2v) is 5.85. The number of hydrogen-bond donors (Lipinski definition) is 1. The van der Waals surface area contributed by atoms with Crippen LogP contribution in [-0.4, -0.2) is 26.1 Å². The lowest BCUT2D eigenvalue weighted by molar-refractivity contribution is 0.823. The molecule has 0 radical (unpaired) electrons. The largest absolute Gasteiger partial charge is 0.369 e. The molecule has 3 heterocycles. The summed E-state index contributed by atoms with van der Waals surface area (Å²) < 4.78 is 1.90. The average molecular weight is 317 g/mol. The van der Waals surface area contributed by atoms with Crippen molar-refractivity contribution < 1.29 is 0 Å². The molecule has 0 saturated heterocycles. The highest BCUT2D eigenvalue weighted by molar-refractivity contribution is 5.86. The molecule has 1 N–H and O–H groups in total. The molecule has 5 nitrogen and oxygen atoms in total. The lowest BCUT2D eigenvalue weighted by Gasteiger charge is -2.07. The van der Waals surface area contributed by atoms with E-state index in [2.05, 4.69) is 40.4 Å². The first kappa shape index (κ1) is 14.6. The molecule has 4 aromatic rings. The summed E-state index contributed by atoms with van der Waals surface area (Å²) >= 11 is 0. The van der Waals surface area contributed by atoms with E-state index >= 15 is 0 Å². The summed E-state index contributed by atoms with van der Waals surface area (Å²) in [7, 11) is 0. The highest BCUT2D eigenvalue weighted by Gasteiger charge is 2.08. The summed E-state index contributed by atoms with van der Waals surface area (Å²) in [4.78, 5) is 8.64. The lowest BCUT2D eigenvalue weighted by atomic mass is 10.1. The minimum atomic E-state index is 0.848. The summed E-state index contributed by atoms with van der Waals surface area (Å²) in [5.74, 6) is 0.875. The molecule has 5 heteroatoms. The summed E-state index contributed by atoms with van der Waals surface area (Å²) in [5.41, 5.74) is 2.93. The van der Waals surface area contributed by atoms with Gasteiger partial charge in [0.25, 0.3) is 0 Å². The Morgan fingerprint density at radius 3 is 2.92 bits per heavy atom.